The molecule has 1 heterocycles. The summed E-state index contributed by atoms with van der Waals surface area (Å²) in [6, 6.07) is 10.5. The summed E-state index contributed by atoms with van der Waals surface area (Å²) in [5.41, 5.74) is 2.90. The molecule has 0 unspecified atom stereocenters. The van der Waals surface area contributed by atoms with Gasteiger partial charge in [0, 0.05) is 24.8 Å². The van der Waals surface area contributed by atoms with E-state index in [1.165, 1.54) is 0 Å². The van der Waals surface area contributed by atoms with Crippen LogP contribution in [-0.4, -0.2) is 25.4 Å². The Labute approximate surface area is 140 Å². The lowest BCUT2D eigenvalue weighted by Crippen LogP contribution is -2.24. The number of nitrogens with one attached hydrogen (secondary N) is 1. The highest BCUT2D eigenvalue weighted by Gasteiger charge is 2.09. The van der Waals surface area contributed by atoms with Crippen LogP contribution in [0, 0.1) is 0 Å². The Kier molecular flexibility index (Phi) is 7.04. The van der Waals surface area contributed by atoms with Crippen molar-refractivity contribution in [3.8, 4) is 5.75 Å². The minimum Gasteiger partial charge on any atom is -0.497 e. The van der Waals surface area contributed by atoms with Gasteiger partial charge in [-0.25, -0.2) is 5.48 Å². The normalized spacial score (nSPS) is 10.4. The fourth-order valence-corrected chi connectivity index (χ4v) is 2.10. The Bertz CT molecular complexity index is 634. The minimum absolute atomic E-state index is 0.0864. The molecule has 0 atom stereocenters. The number of Topliss-reactive ketones (excluding diaryl/α,β-unsaturated/α-hetero) is 1. The summed E-state index contributed by atoms with van der Waals surface area (Å²) in [6.07, 6.45) is 3.33. The lowest BCUT2D eigenvalue weighted by molar-refractivity contribution is -0.133. The molecular weight excluding hydrogens is 310 g/mol. The molecule has 0 spiro atoms. The van der Waals surface area contributed by atoms with Gasteiger partial charge in [-0.2, -0.15) is 0 Å². The first-order valence-electron chi connectivity index (χ1n) is 7.79. The number of furan rings is 1. The molecule has 6 nitrogen and oxygen atoms in total. The van der Waals surface area contributed by atoms with Gasteiger partial charge < -0.3 is 9.15 Å². The molecule has 0 saturated carbocycles. The first-order valence-corrected chi connectivity index (χ1v) is 7.79. The second-order valence-electron chi connectivity index (χ2n) is 5.21. The number of rotatable bonds is 10. The van der Waals surface area contributed by atoms with Crippen molar-refractivity contribution in [2.45, 2.75) is 25.7 Å². The SMILES string of the molecule is COc1ccc(C(=O)CCC(=O)NOCCCc2ccco2)cc1. The Balaban J connectivity index is 1.59. The van der Waals surface area contributed by atoms with Gasteiger partial charge in [0.2, 0.25) is 5.91 Å². The summed E-state index contributed by atoms with van der Waals surface area (Å²) in [5.74, 6) is 1.17. The quantitative estimate of drug-likeness (QED) is 0.411. The van der Waals surface area contributed by atoms with Gasteiger partial charge in [0.05, 0.1) is 20.0 Å². The maximum Gasteiger partial charge on any atom is 0.243 e. The van der Waals surface area contributed by atoms with Gasteiger partial charge in [-0.1, -0.05) is 0 Å². The molecule has 0 aliphatic carbocycles. The summed E-state index contributed by atoms with van der Waals surface area (Å²) >= 11 is 0. The van der Waals surface area contributed by atoms with Gasteiger partial charge in [0.1, 0.15) is 11.5 Å². The van der Waals surface area contributed by atoms with Crippen molar-refractivity contribution in [3.05, 3.63) is 54.0 Å². The van der Waals surface area contributed by atoms with Crippen LogP contribution in [0.1, 0.15) is 35.4 Å². The average molecular weight is 331 g/mol. The van der Waals surface area contributed by atoms with Crippen LogP contribution in [-0.2, 0) is 16.1 Å². The van der Waals surface area contributed by atoms with Gasteiger partial charge in [-0.15, -0.1) is 0 Å². The molecule has 128 valence electrons. The summed E-state index contributed by atoms with van der Waals surface area (Å²) in [6.45, 7) is 0.388. The van der Waals surface area contributed by atoms with E-state index in [9.17, 15) is 9.59 Å². The van der Waals surface area contributed by atoms with Crippen LogP contribution < -0.4 is 10.2 Å². The van der Waals surface area contributed by atoms with Crippen LogP contribution in [0.5, 0.6) is 5.75 Å². The number of hydrogen-bond donors (Lipinski definition) is 1. The van der Waals surface area contributed by atoms with Gasteiger partial charge in [0.15, 0.2) is 5.78 Å². The molecule has 0 bridgehead atoms. The number of ether oxygens (including phenoxy) is 1. The molecule has 1 amide bonds. The molecule has 0 radical (unpaired) electrons. The van der Waals surface area contributed by atoms with Crippen LogP contribution in [0.3, 0.4) is 0 Å². The molecule has 2 aromatic rings. The summed E-state index contributed by atoms with van der Waals surface area (Å²) < 4.78 is 10.2. The van der Waals surface area contributed by atoms with Gasteiger partial charge >= 0.3 is 0 Å². The number of ketones is 1. The smallest absolute Gasteiger partial charge is 0.243 e. The highest BCUT2D eigenvalue weighted by atomic mass is 16.6. The highest BCUT2D eigenvalue weighted by Crippen LogP contribution is 2.13. The largest absolute Gasteiger partial charge is 0.497 e. The van der Waals surface area contributed by atoms with E-state index in [0.29, 0.717) is 17.9 Å². The third kappa shape index (κ3) is 5.89. The van der Waals surface area contributed by atoms with Crippen molar-refractivity contribution in [1.29, 1.82) is 0 Å². The number of methoxy groups -OCH3 is 1. The lowest BCUT2D eigenvalue weighted by Gasteiger charge is -2.06. The zero-order chi connectivity index (χ0) is 17.2. The molecule has 24 heavy (non-hydrogen) atoms. The number of carbonyl (C=O) groups is 2. The van der Waals surface area contributed by atoms with Crippen LogP contribution in [0.25, 0.3) is 0 Å². The molecule has 0 aliphatic heterocycles. The fraction of sp³-hybridized carbons (Fsp3) is 0.333. The second-order valence-corrected chi connectivity index (χ2v) is 5.21. The van der Waals surface area contributed by atoms with Crippen molar-refractivity contribution >= 4 is 11.7 Å². The van der Waals surface area contributed by atoms with Crippen molar-refractivity contribution in [1.82, 2.24) is 5.48 Å². The summed E-state index contributed by atoms with van der Waals surface area (Å²) in [7, 11) is 1.57. The first-order chi connectivity index (χ1) is 11.7. The van der Waals surface area contributed by atoms with Gasteiger partial charge in [-0.3, -0.25) is 14.4 Å². The molecule has 1 N–H and O–H groups in total. The van der Waals surface area contributed by atoms with E-state index in [-0.39, 0.29) is 24.5 Å². The molecule has 1 aromatic heterocycles. The third-order valence-electron chi connectivity index (χ3n) is 3.43. The number of hydrogen-bond acceptors (Lipinski definition) is 5. The van der Waals surface area contributed by atoms with E-state index in [1.54, 1.807) is 37.6 Å². The molecule has 0 aliphatic rings. The fourth-order valence-electron chi connectivity index (χ4n) is 2.10. The van der Waals surface area contributed by atoms with Crippen LogP contribution in [0.15, 0.2) is 47.1 Å². The number of benzene rings is 1. The molecule has 0 saturated heterocycles. The average Bonchev–Trinajstić information content (AvgIpc) is 3.13. The highest BCUT2D eigenvalue weighted by molar-refractivity contribution is 5.97. The summed E-state index contributed by atoms with van der Waals surface area (Å²) in [4.78, 5) is 28.7. The van der Waals surface area contributed by atoms with Crippen LogP contribution >= 0.6 is 0 Å². The Morgan fingerprint density at radius 1 is 1.12 bits per heavy atom. The van der Waals surface area contributed by atoms with E-state index < -0.39 is 0 Å². The first kappa shape index (κ1) is 17.7. The number of hydroxylamine groups is 1. The standard InChI is InChI=1S/C18H21NO5/c1-22-15-8-6-14(7-9-15)17(20)10-11-18(21)19-24-13-3-5-16-4-2-12-23-16/h2,4,6-9,12H,3,5,10-11,13H2,1H3,(H,19,21). The third-order valence-corrected chi connectivity index (χ3v) is 3.43. The van der Waals surface area contributed by atoms with E-state index in [4.69, 9.17) is 14.0 Å². The molecule has 6 heteroatoms. The monoisotopic (exact) mass is 331 g/mol. The Hall–Kier alpha value is -2.60. The second kappa shape index (κ2) is 9.52. The minimum atomic E-state index is -0.310. The van der Waals surface area contributed by atoms with Gasteiger partial charge in [-0.05, 0) is 42.8 Å². The van der Waals surface area contributed by atoms with E-state index in [0.717, 1.165) is 18.6 Å². The van der Waals surface area contributed by atoms with Gasteiger partial charge in [0.25, 0.3) is 0 Å². The molecule has 2 rings (SSSR count). The van der Waals surface area contributed by atoms with Crippen molar-refractivity contribution in [2.75, 3.05) is 13.7 Å². The van der Waals surface area contributed by atoms with Crippen LogP contribution in [0.4, 0.5) is 0 Å². The molecule has 1 aromatic carbocycles. The Morgan fingerprint density at radius 3 is 2.58 bits per heavy atom. The maximum atomic E-state index is 12.0. The zero-order valence-electron chi connectivity index (χ0n) is 13.6. The lowest BCUT2D eigenvalue weighted by atomic mass is 10.1. The van der Waals surface area contributed by atoms with Crippen molar-refractivity contribution < 1.29 is 23.6 Å². The maximum absolute atomic E-state index is 12.0. The predicted molar refractivity (Wildman–Crippen MR) is 87.7 cm³/mol. The predicted octanol–water partition coefficient (Wildman–Crippen LogP) is 2.93. The van der Waals surface area contributed by atoms with Crippen molar-refractivity contribution in [3.63, 3.8) is 0 Å². The zero-order valence-corrected chi connectivity index (χ0v) is 13.6. The topological polar surface area (TPSA) is 77.8 Å². The van der Waals surface area contributed by atoms with E-state index in [2.05, 4.69) is 5.48 Å². The van der Waals surface area contributed by atoms with Crippen LogP contribution in [0.2, 0.25) is 0 Å². The number of carbonyl (C=O) groups excluding carboxylic acids is 2. The van der Waals surface area contributed by atoms with Crippen molar-refractivity contribution in [2.24, 2.45) is 0 Å². The Morgan fingerprint density at radius 2 is 1.92 bits per heavy atom. The molecule has 0 fully saturated rings. The number of aryl methyl sites for hydroxylation is 1. The molecular formula is C18H21NO5. The van der Waals surface area contributed by atoms with E-state index in [1.807, 2.05) is 12.1 Å². The van der Waals surface area contributed by atoms with E-state index >= 15 is 0 Å². The number of amides is 1. The summed E-state index contributed by atoms with van der Waals surface area (Å²) in [5, 5.41) is 0.